The van der Waals surface area contributed by atoms with Crippen molar-refractivity contribution >= 4 is 23.6 Å². The molecular weight excluding hydrogens is 408 g/mol. The minimum Gasteiger partial charge on any atom is -0.229 e. The zero-order chi connectivity index (χ0) is 23.1. The molecule has 0 radical (unpaired) electrons. The molecule has 0 bridgehead atoms. The molecule has 0 heterocycles. The molecule has 3 aromatic carbocycles. The second-order valence-corrected chi connectivity index (χ2v) is 12.8. The molecule has 0 spiro atoms. The van der Waals surface area contributed by atoms with Crippen molar-refractivity contribution < 1.29 is 9.78 Å². The van der Waals surface area contributed by atoms with Gasteiger partial charge in [-0.1, -0.05) is 110 Å². The van der Waals surface area contributed by atoms with Gasteiger partial charge in [-0.05, 0) is 49.7 Å². The zero-order valence-electron chi connectivity index (χ0n) is 19.9. The summed E-state index contributed by atoms with van der Waals surface area (Å²) >= 11 is 0. The Labute approximate surface area is 194 Å². The van der Waals surface area contributed by atoms with Gasteiger partial charge in [0.15, 0.2) is 5.60 Å². The van der Waals surface area contributed by atoms with E-state index in [-0.39, 0.29) is 5.60 Å². The first-order chi connectivity index (χ1) is 15.3. The van der Waals surface area contributed by atoms with Crippen LogP contribution in [0.4, 0.5) is 0 Å². The Balaban J connectivity index is 2.13. The number of hydrogen-bond acceptors (Lipinski definition) is 2. The van der Waals surface area contributed by atoms with Gasteiger partial charge in [0, 0.05) is 0 Å². The van der Waals surface area contributed by atoms with Crippen LogP contribution in [0.25, 0.3) is 0 Å². The van der Waals surface area contributed by atoms with E-state index in [1.807, 2.05) is 13.8 Å². The second kappa shape index (κ2) is 10.3. The van der Waals surface area contributed by atoms with Crippen LogP contribution < -0.4 is 15.6 Å². The first-order valence-corrected chi connectivity index (χ1v) is 13.4. The van der Waals surface area contributed by atoms with Crippen molar-refractivity contribution in [2.45, 2.75) is 58.7 Å². The SMILES string of the molecule is CCCC(C)(C)OOC(C)(C)C#C[Si](c1ccccc1)(c1ccccc1)c1ccccc1. The monoisotopic (exact) mass is 442 g/mol. The van der Waals surface area contributed by atoms with Gasteiger partial charge in [-0.3, -0.25) is 0 Å². The first-order valence-electron chi connectivity index (χ1n) is 11.4. The molecule has 3 heteroatoms. The third-order valence-electron chi connectivity index (χ3n) is 5.50. The van der Waals surface area contributed by atoms with Gasteiger partial charge in [0.1, 0.15) is 0 Å². The molecule has 3 aromatic rings. The average molecular weight is 443 g/mol. The summed E-state index contributed by atoms with van der Waals surface area (Å²) in [6.07, 6.45) is 1.96. The van der Waals surface area contributed by atoms with Gasteiger partial charge >= 0.3 is 0 Å². The predicted molar refractivity (Wildman–Crippen MR) is 137 cm³/mol. The van der Waals surface area contributed by atoms with Crippen LogP contribution in [0.1, 0.15) is 47.5 Å². The topological polar surface area (TPSA) is 18.5 Å². The van der Waals surface area contributed by atoms with Crippen LogP contribution in [0.3, 0.4) is 0 Å². The molecule has 0 aliphatic heterocycles. The maximum atomic E-state index is 5.90. The minimum absolute atomic E-state index is 0.347. The van der Waals surface area contributed by atoms with Crippen molar-refractivity contribution in [1.82, 2.24) is 0 Å². The van der Waals surface area contributed by atoms with E-state index < -0.39 is 13.7 Å². The third-order valence-corrected chi connectivity index (χ3v) is 9.60. The van der Waals surface area contributed by atoms with Gasteiger partial charge in [-0.25, -0.2) is 9.78 Å². The predicted octanol–water partition coefficient (Wildman–Crippen LogP) is 5.00. The van der Waals surface area contributed by atoms with Crippen LogP contribution in [-0.4, -0.2) is 19.3 Å². The molecule has 0 amide bonds. The molecule has 0 aromatic heterocycles. The lowest BCUT2D eigenvalue weighted by molar-refractivity contribution is -0.389. The van der Waals surface area contributed by atoms with Gasteiger partial charge in [0.25, 0.3) is 0 Å². The van der Waals surface area contributed by atoms with Gasteiger partial charge in [0.05, 0.1) is 5.60 Å². The maximum Gasteiger partial charge on any atom is 0.229 e. The Kier molecular flexibility index (Phi) is 7.74. The summed E-state index contributed by atoms with van der Waals surface area (Å²) in [5.74, 6) is 3.47. The summed E-state index contributed by atoms with van der Waals surface area (Å²) in [6.45, 7) is 10.2. The smallest absolute Gasteiger partial charge is 0.229 e. The van der Waals surface area contributed by atoms with E-state index in [0.717, 1.165) is 12.8 Å². The molecule has 0 aliphatic rings. The van der Waals surface area contributed by atoms with Crippen LogP contribution in [0.15, 0.2) is 91.0 Å². The van der Waals surface area contributed by atoms with Crippen molar-refractivity contribution in [2.75, 3.05) is 0 Å². The van der Waals surface area contributed by atoms with E-state index in [0.29, 0.717) is 0 Å². The lowest BCUT2D eigenvalue weighted by Gasteiger charge is -2.30. The highest BCUT2D eigenvalue weighted by Crippen LogP contribution is 2.21. The Morgan fingerprint density at radius 1 is 0.656 bits per heavy atom. The maximum absolute atomic E-state index is 5.90. The average Bonchev–Trinajstić information content (AvgIpc) is 2.81. The fourth-order valence-electron chi connectivity index (χ4n) is 3.91. The third kappa shape index (κ3) is 5.78. The van der Waals surface area contributed by atoms with Gasteiger partial charge < -0.3 is 0 Å². The second-order valence-electron chi connectivity index (χ2n) is 9.28. The van der Waals surface area contributed by atoms with Crippen LogP contribution in [0, 0.1) is 11.5 Å². The molecule has 0 aliphatic carbocycles. The molecule has 0 atom stereocenters. The number of hydrogen-bond donors (Lipinski definition) is 0. The van der Waals surface area contributed by atoms with Crippen molar-refractivity contribution in [3.05, 3.63) is 91.0 Å². The minimum atomic E-state index is -2.62. The van der Waals surface area contributed by atoms with Gasteiger partial charge in [-0.15, -0.1) is 5.54 Å². The van der Waals surface area contributed by atoms with E-state index in [4.69, 9.17) is 9.78 Å². The van der Waals surface area contributed by atoms with Crippen molar-refractivity contribution in [3.8, 4) is 11.5 Å². The number of rotatable bonds is 8. The van der Waals surface area contributed by atoms with E-state index in [1.54, 1.807) is 0 Å². The summed E-state index contributed by atoms with van der Waals surface area (Å²) in [5.41, 5.74) is 2.68. The molecule has 0 unspecified atom stereocenters. The van der Waals surface area contributed by atoms with Crippen LogP contribution >= 0.6 is 0 Å². The molecule has 2 nitrogen and oxygen atoms in total. The molecular formula is C29H34O2Si. The largest absolute Gasteiger partial charge is 0.229 e. The molecule has 3 rings (SSSR count). The van der Waals surface area contributed by atoms with Gasteiger partial charge in [0.2, 0.25) is 8.07 Å². The van der Waals surface area contributed by atoms with E-state index in [9.17, 15) is 0 Å². The first kappa shape index (κ1) is 24.0. The summed E-state index contributed by atoms with van der Waals surface area (Å²) in [5, 5.41) is 3.77. The lowest BCUT2D eigenvalue weighted by Crippen LogP contribution is -2.66. The Morgan fingerprint density at radius 3 is 1.44 bits per heavy atom. The summed E-state index contributed by atoms with van der Waals surface area (Å²) in [6, 6.07) is 32.0. The Hall–Kier alpha value is -2.64. The van der Waals surface area contributed by atoms with Crippen molar-refractivity contribution in [3.63, 3.8) is 0 Å². The Bertz CT molecular complexity index is 935. The molecule has 0 N–H and O–H groups in total. The highest BCUT2D eigenvalue weighted by molar-refractivity contribution is 7.16. The molecule has 0 saturated heterocycles. The van der Waals surface area contributed by atoms with Crippen molar-refractivity contribution in [1.29, 1.82) is 0 Å². The van der Waals surface area contributed by atoms with Gasteiger partial charge in [-0.2, -0.15) is 0 Å². The standard InChI is InChI=1S/C29H34O2Si/c1-6-22-28(2,3)30-31-29(4,5)23-24-32(25-16-10-7-11-17-25,26-18-12-8-13-19-26)27-20-14-9-15-21-27/h7-21H,6,22H2,1-5H3. The highest BCUT2D eigenvalue weighted by Gasteiger charge is 2.39. The lowest BCUT2D eigenvalue weighted by atomic mass is 10.0. The number of benzene rings is 3. The Morgan fingerprint density at radius 2 is 1.06 bits per heavy atom. The van der Waals surface area contributed by atoms with E-state index >= 15 is 0 Å². The van der Waals surface area contributed by atoms with Crippen molar-refractivity contribution in [2.24, 2.45) is 0 Å². The van der Waals surface area contributed by atoms with Crippen LogP contribution in [0.5, 0.6) is 0 Å². The summed E-state index contributed by atoms with van der Waals surface area (Å²) in [4.78, 5) is 11.7. The van der Waals surface area contributed by atoms with E-state index in [1.165, 1.54) is 15.6 Å². The van der Waals surface area contributed by atoms with Crippen LogP contribution in [-0.2, 0) is 9.78 Å². The van der Waals surface area contributed by atoms with E-state index in [2.05, 4.69) is 123 Å². The fourth-order valence-corrected chi connectivity index (χ4v) is 7.91. The summed E-state index contributed by atoms with van der Waals surface area (Å²) < 4.78 is 0. The van der Waals surface area contributed by atoms with Crippen LogP contribution in [0.2, 0.25) is 0 Å². The summed E-state index contributed by atoms with van der Waals surface area (Å²) in [7, 11) is -2.62. The zero-order valence-corrected chi connectivity index (χ0v) is 20.9. The fraction of sp³-hybridized carbons (Fsp3) is 0.310. The molecule has 0 fully saturated rings. The normalized spacial score (nSPS) is 12.2. The molecule has 0 saturated carbocycles. The quantitative estimate of drug-likeness (QED) is 0.161. The molecule has 32 heavy (non-hydrogen) atoms. The highest BCUT2D eigenvalue weighted by atomic mass is 28.3. The molecule has 166 valence electrons.